The molecular weight excluding hydrogens is 220 g/mol. The summed E-state index contributed by atoms with van der Waals surface area (Å²) in [6, 6.07) is 10.1. The zero-order chi connectivity index (χ0) is 11.2. The number of fused-ring (bicyclic) bond motifs is 4. The number of benzene rings is 1. The highest BCUT2D eigenvalue weighted by molar-refractivity contribution is 5.14. The first-order valence-corrected chi connectivity index (χ1v) is 6.00. The molecule has 90 valence electrons. The van der Waals surface area contributed by atoms with Crippen molar-refractivity contribution in [1.29, 1.82) is 0 Å². The van der Waals surface area contributed by atoms with Crippen LogP contribution in [-0.4, -0.2) is 37.3 Å². The van der Waals surface area contributed by atoms with Crippen molar-refractivity contribution in [3.63, 3.8) is 0 Å². The fraction of sp³-hybridized carbons (Fsp3) is 0.538. The minimum Gasteiger partial charge on any atom is -0.368 e. The molecule has 3 aliphatic heterocycles. The van der Waals surface area contributed by atoms with Crippen LogP contribution in [0.3, 0.4) is 0 Å². The van der Waals surface area contributed by atoms with Crippen LogP contribution in [0.2, 0.25) is 0 Å². The Morgan fingerprint density at radius 3 is 2.88 bits per heavy atom. The normalized spacial score (nSPS) is 42.2. The summed E-state index contributed by atoms with van der Waals surface area (Å²) in [6.45, 7) is 1.23. The van der Waals surface area contributed by atoms with Gasteiger partial charge in [-0.15, -0.1) is 0 Å². The number of ether oxygens (including phenoxy) is 4. The molecular formula is C13H14O4. The van der Waals surface area contributed by atoms with Crippen LogP contribution >= 0.6 is 0 Å². The van der Waals surface area contributed by atoms with Crippen molar-refractivity contribution >= 4 is 0 Å². The molecule has 0 aromatic heterocycles. The Hall–Kier alpha value is -0.940. The van der Waals surface area contributed by atoms with E-state index in [2.05, 4.69) is 12.1 Å². The van der Waals surface area contributed by atoms with Gasteiger partial charge in [0.1, 0.15) is 24.4 Å². The van der Waals surface area contributed by atoms with Crippen LogP contribution in [-0.2, 0) is 25.6 Å². The van der Waals surface area contributed by atoms with E-state index in [4.69, 9.17) is 18.9 Å². The van der Waals surface area contributed by atoms with E-state index in [0.717, 1.165) is 0 Å². The standard InChI is InChI=1S/C13H14O4/c1-2-4-8(5-3-1)6-14-10-9-7-15-13(16-9)12-11(10)17-12/h1-5,9-13H,6-7H2/t9-,10-,11-,12+,13+/m1/s1. The van der Waals surface area contributed by atoms with E-state index < -0.39 is 0 Å². The molecule has 4 rings (SSSR count). The van der Waals surface area contributed by atoms with Gasteiger partial charge in [0.15, 0.2) is 6.29 Å². The SMILES string of the molecule is c1ccc(CO[C@H]2[C@H]3O[C@@H]3[C@H]3OC[C@H]2O3)cc1. The molecule has 5 atom stereocenters. The van der Waals surface area contributed by atoms with Crippen LogP contribution in [0.4, 0.5) is 0 Å². The fourth-order valence-electron chi connectivity index (χ4n) is 2.58. The predicted molar refractivity (Wildman–Crippen MR) is 58.3 cm³/mol. The van der Waals surface area contributed by atoms with E-state index in [0.29, 0.717) is 13.2 Å². The average Bonchev–Trinajstić information content (AvgIpc) is 3.05. The number of hydrogen-bond donors (Lipinski definition) is 0. The first-order valence-electron chi connectivity index (χ1n) is 6.00. The van der Waals surface area contributed by atoms with Crippen LogP contribution < -0.4 is 0 Å². The fourth-order valence-corrected chi connectivity index (χ4v) is 2.58. The summed E-state index contributed by atoms with van der Waals surface area (Å²) in [5, 5.41) is 0. The topological polar surface area (TPSA) is 40.2 Å². The molecule has 4 heteroatoms. The Morgan fingerprint density at radius 2 is 2.00 bits per heavy atom. The molecule has 4 nitrogen and oxygen atoms in total. The summed E-state index contributed by atoms with van der Waals surface area (Å²) in [7, 11) is 0. The van der Waals surface area contributed by atoms with Gasteiger partial charge in [-0.05, 0) is 5.56 Å². The number of epoxide rings is 1. The summed E-state index contributed by atoms with van der Waals surface area (Å²) in [5.74, 6) is 0. The highest BCUT2D eigenvalue weighted by Gasteiger charge is 2.62. The second kappa shape index (κ2) is 3.78. The number of hydrogen-bond acceptors (Lipinski definition) is 4. The molecule has 3 aliphatic rings. The monoisotopic (exact) mass is 234 g/mol. The van der Waals surface area contributed by atoms with Gasteiger partial charge in [0.05, 0.1) is 13.2 Å². The Kier molecular flexibility index (Phi) is 2.23. The molecule has 0 radical (unpaired) electrons. The molecule has 0 spiro atoms. The molecule has 1 aromatic rings. The molecule has 0 unspecified atom stereocenters. The molecule has 0 amide bonds. The largest absolute Gasteiger partial charge is 0.368 e. The van der Waals surface area contributed by atoms with Gasteiger partial charge in [0.2, 0.25) is 0 Å². The van der Waals surface area contributed by atoms with Gasteiger partial charge >= 0.3 is 0 Å². The second-order valence-corrected chi connectivity index (χ2v) is 4.70. The van der Waals surface area contributed by atoms with E-state index in [1.165, 1.54) is 5.56 Å². The molecule has 17 heavy (non-hydrogen) atoms. The molecule has 3 heterocycles. The predicted octanol–water partition coefficient (Wildman–Crippen LogP) is 1.09. The van der Waals surface area contributed by atoms with Gasteiger partial charge in [0, 0.05) is 0 Å². The zero-order valence-corrected chi connectivity index (χ0v) is 9.32. The smallest absolute Gasteiger partial charge is 0.187 e. The lowest BCUT2D eigenvalue weighted by Gasteiger charge is -2.24. The maximum atomic E-state index is 5.92. The summed E-state index contributed by atoms with van der Waals surface area (Å²) >= 11 is 0. The van der Waals surface area contributed by atoms with Crippen molar-refractivity contribution in [1.82, 2.24) is 0 Å². The highest BCUT2D eigenvalue weighted by Crippen LogP contribution is 2.43. The Bertz CT molecular complexity index is 407. The van der Waals surface area contributed by atoms with Crippen LogP contribution in [0.15, 0.2) is 30.3 Å². The minimum atomic E-state index is -0.151. The highest BCUT2D eigenvalue weighted by atomic mass is 16.8. The summed E-state index contributed by atoms with van der Waals surface area (Å²) in [5.41, 5.74) is 1.17. The minimum absolute atomic E-state index is 0.0129. The van der Waals surface area contributed by atoms with Gasteiger partial charge < -0.3 is 18.9 Å². The van der Waals surface area contributed by atoms with E-state index in [9.17, 15) is 0 Å². The van der Waals surface area contributed by atoms with Crippen molar-refractivity contribution in [2.45, 2.75) is 37.3 Å². The van der Waals surface area contributed by atoms with Crippen LogP contribution in [0.25, 0.3) is 0 Å². The average molecular weight is 234 g/mol. The van der Waals surface area contributed by atoms with Gasteiger partial charge in [-0.1, -0.05) is 30.3 Å². The lowest BCUT2D eigenvalue weighted by molar-refractivity contribution is -0.121. The lowest BCUT2D eigenvalue weighted by Crippen LogP contribution is -2.41. The third-order valence-corrected chi connectivity index (χ3v) is 3.54. The zero-order valence-electron chi connectivity index (χ0n) is 9.32. The van der Waals surface area contributed by atoms with Crippen LogP contribution in [0, 0.1) is 0 Å². The number of rotatable bonds is 3. The molecule has 0 aliphatic carbocycles. The van der Waals surface area contributed by atoms with Crippen LogP contribution in [0.5, 0.6) is 0 Å². The van der Waals surface area contributed by atoms with Crippen molar-refractivity contribution in [2.75, 3.05) is 6.61 Å². The van der Waals surface area contributed by atoms with E-state index in [-0.39, 0.29) is 30.7 Å². The molecule has 1 aromatic carbocycles. The first-order chi connectivity index (χ1) is 8.42. The Morgan fingerprint density at radius 1 is 1.12 bits per heavy atom. The van der Waals surface area contributed by atoms with E-state index in [1.54, 1.807) is 0 Å². The van der Waals surface area contributed by atoms with E-state index in [1.807, 2.05) is 18.2 Å². The van der Waals surface area contributed by atoms with Crippen molar-refractivity contribution < 1.29 is 18.9 Å². The van der Waals surface area contributed by atoms with Crippen molar-refractivity contribution in [2.24, 2.45) is 0 Å². The molecule has 0 saturated carbocycles. The first kappa shape index (κ1) is 10.0. The van der Waals surface area contributed by atoms with Gasteiger partial charge in [-0.2, -0.15) is 0 Å². The molecule has 2 bridgehead atoms. The van der Waals surface area contributed by atoms with Crippen LogP contribution in [0.1, 0.15) is 5.56 Å². The maximum Gasteiger partial charge on any atom is 0.187 e. The van der Waals surface area contributed by atoms with Gasteiger partial charge in [0.25, 0.3) is 0 Å². The Labute approximate surface area is 99.4 Å². The Balaban J connectivity index is 1.43. The summed E-state index contributed by atoms with van der Waals surface area (Å²) in [6.07, 6.45) is 0.160. The quantitative estimate of drug-likeness (QED) is 0.734. The molecule has 3 saturated heterocycles. The van der Waals surface area contributed by atoms with Crippen molar-refractivity contribution in [3.8, 4) is 0 Å². The van der Waals surface area contributed by atoms with Gasteiger partial charge in [-0.25, -0.2) is 0 Å². The van der Waals surface area contributed by atoms with E-state index >= 15 is 0 Å². The maximum absolute atomic E-state index is 5.92. The van der Waals surface area contributed by atoms with Crippen molar-refractivity contribution in [3.05, 3.63) is 35.9 Å². The molecule has 0 N–H and O–H groups in total. The summed E-state index contributed by atoms with van der Waals surface area (Å²) in [4.78, 5) is 0. The second-order valence-electron chi connectivity index (χ2n) is 4.70. The lowest BCUT2D eigenvalue weighted by atomic mass is 10.1. The third kappa shape index (κ3) is 1.68. The molecule has 3 fully saturated rings. The third-order valence-electron chi connectivity index (χ3n) is 3.54. The summed E-state index contributed by atoms with van der Waals surface area (Å²) < 4.78 is 22.6. The van der Waals surface area contributed by atoms with Gasteiger partial charge in [-0.3, -0.25) is 0 Å².